The Bertz CT molecular complexity index is 2950. The monoisotopic (exact) mass is 708 g/mol. The van der Waals surface area contributed by atoms with Crippen LogP contribution in [0, 0.1) is 0 Å². The maximum atomic E-state index is 15.1. The molecular formula is C50H33N2OP. The summed E-state index contributed by atoms with van der Waals surface area (Å²) in [6, 6.07) is 66.8. The smallest absolute Gasteiger partial charge is 0.171 e. The van der Waals surface area contributed by atoms with Crippen molar-refractivity contribution in [2.24, 2.45) is 0 Å². The van der Waals surface area contributed by atoms with E-state index in [4.69, 9.17) is 4.98 Å². The Labute approximate surface area is 313 Å². The summed E-state index contributed by atoms with van der Waals surface area (Å²) in [6.07, 6.45) is 1.83. The van der Waals surface area contributed by atoms with Crippen LogP contribution in [0.2, 0.25) is 0 Å². The van der Waals surface area contributed by atoms with Crippen molar-refractivity contribution < 1.29 is 4.57 Å². The van der Waals surface area contributed by atoms with E-state index in [1.165, 1.54) is 32.7 Å². The van der Waals surface area contributed by atoms with E-state index in [0.29, 0.717) is 0 Å². The first kappa shape index (κ1) is 32.0. The first-order chi connectivity index (χ1) is 26.7. The van der Waals surface area contributed by atoms with Gasteiger partial charge in [0.05, 0.1) is 16.7 Å². The quantitative estimate of drug-likeness (QED) is 0.0981. The fourth-order valence-corrected chi connectivity index (χ4v) is 10.7. The SMILES string of the molecule is O=P(c1ccccc1)(c1ccccc1)c1ccc(-c2c3ccccc3c(-c3ccc(-c4ccc5ccc6cccnc6c5n4)cc3)c3ccccc23)cc1. The topological polar surface area (TPSA) is 42.9 Å². The molecule has 0 aliphatic rings. The molecule has 0 spiro atoms. The van der Waals surface area contributed by atoms with E-state index in [1.54, 1.807) is 0 Å². The Kier molecular flexibility index (Phi) is 7.75. The van der Waals surface area contributed by atoms with Crippen LogP contribution >= 0.6 is 7.14 Å². The van der Waals surface area contributed by atoms with E-state index in [9.17, 15) is 0 Å². The van der Waals surface area contributed by atoms with Crippen molar-refractivity contribution in [3.63, 3.8) is 0 Å². The molecule has 2 aromatic heterocycles. The molecule has 3 nitrogen and oxygen atoms in total. The summed E-state index contributed by atoms with van der Waals surface area (Å²) in [6.45, 7) is 0. The molecule has 254 valence electrons. The minimum absolute atomic E-state index is 0.819. The molecule has 10 aromatic rings. The number of rotatable bonds is 6. The first-order valence-corrected chi connectivity index (χ1v) is 19.9. The van der Waals surface area contributed by atoms with Crippen molar-refractivity contribution in [2.45, 2.75) is 0 Å². The Balaban J connectivity index is 1.09. The third-order valence-electron chi connectivity index (χ3n) is 10.6. The third kappa shape index (κ3) is 5.24. The molecule has 0 radical (unpaired) electrons. The highest BCUT2D eigenvalue weighted by Crippen LogP contribution is 2.46. The summed E-state index contributed by atoms with van der Waals surface area (Å²) in [5.41, 5.74) is 8.42. The molecular weight excluding hydrogens is 676 g/mol. The van der Waals surface area contributed by atoms with Gasteiger partial charge in [0.2, 0.25) is 0 Å². The summed E-state index contributed by atoms with van der Waals surface area (Å²) >= 11 is 0. The second kappa shape index (κ2) is 13.1. The van der Waals surface area contributed by atoms with Crippen molar-refractivity contribution >= 4 is 66.4 Å². The number of hydrogen-bond donors (Lipinski definition) is 0. The van der Waals surface area contributed by atoms with E-state index < -0.39 is 7.14 Å². The largest absolute Gasteiger partial charge is 0.309 e. The predicted octanol–water partition coefficient (Wildman–Crippen LogP) is 11.7. The number of fused-ring (bicyclic) bond motifs is 5. The molecule has 0 saturated heterocycles. The fraction of sp³-hybridized carbons (Fsp3) is 0. The van der Waals surface area contributed by atoms with Gasteiger partial charge in [0.1, 0.15) is 0 Å². The van der Waals surface area contributed by atoms with Crippen LogP contribution in [0.4, 0.5) is 0 Å². The van der Waals surface area contributed by atoms with E-state index in [2.05, 4.69) is 132 Å². The van der Waals surface area contributed by atoms with E-state index in [0.717, 1.165) is 60.1 Å². The van der Waals surface area contributed by atoms with Crippen LogP contribution < -0.4 is 15.9 Å². The van der Waals surface area contributed by atoms with Gasteiger partial charge in [-0.3, -0.25) is 4.98 Å². The molecule has 10 rings (SSSR count). The Morgan fingerprint density at radius 3 is 1.31 bits per heavy atom. The molecule has 0 aliphatic heterocycles. The summed E-state index contributed by atoms with van der Waals surface area (Å²) < 4.78 is 15.1. The Morgan fingerprint density at radius 2 is 0.778 bits per heavy atom. The lowest BCUT2D eigenvalue weighted by atomic mass is 9.86. The van der Waals surface area contributed by atoms with Crippen LogP contribution in [-0.2, 0) is 4.57 Å². The average Bonchev–Trinajstić information content (AvgIpc) is 3.26. The van der Waals surface area contributed by atoms with Gasteiger partial charge in [-0.25, -0.2) is 4.98 Å². The number of benzene rings is 8. The third-order valence-corrected chi connectivity index (χ3v) is 13.7. The predicted molar refractivity (Wildman–Crippen MR) is 228 cm³/mol. The standard InChI is InChI=1S/C50H33N2OP/c53-54(39-13-3-1-4-14-39,40-15-5-2-6-16-40)41-30-27-36(28-31-41)48-44-19-9-7-17-42(44)47(43-18-8-10-20-45(43)48)35-23-21-34(22-24-35)46-32-29-38-26-25-37-12-11-33-51-49(37)50(38)52-46/h1-33H. The van der Waals surface area contributed by atoms with Crippen molar-refractivity contribution in [2.75, 3.05) is 0 Å². The van der Waals surface area contributed by atoms with Gasteiger partial charge in [-0.05, 0) is 55.9 Å². The normalized spacial score (nSPS) is 11.8. The number of pyridine rings is 2. The maximum absolute atomic E-state index is 15.1. The lowest BCUT2D eigenvalue weighted by Gasteiger charge is -2.21. The van der Waals surface area contributed by atoms with Crippen molar-refractivity contribution in [3.8, 4) is 33.5 Å². The molecule has 54 heavy (non-hydrogen) atoms. The highest BCUT2D eigenvalue weighted by molar-refractivity contribution is 7.85. The van der Waals surface area contributed by atoms with Crippen LogP contribution in [0.15, 0.2) is 200 Å². The van der Waals surface area contributed by atoms with Crippen LogP contribution in [-0.4, -0.2) is 9.97 Å². The molecule has 0 aliphatic carbocycles. The van der Waals surface area contributed by atoms with E-state index in [-0.39, 0.29) is 0 Å². The molecule has 0 bridgehead atoms. The summed E-state index contributed by atoms with van der Waals surface area (Å²) in [7, 11) is -3.09. The number of nitrogens with zero attached hydrogens (tertiary/aromatic N) is 2. The van der Waals surface area contributed by atoms with E-state index in [1.807, 2.05) is 72.9 Å². The lowest BCUT2D eigenvalue weighted by Crippen LogP contribution is -2.24. The van der Waals surface area contributed by atoms with Gasteiger partial charge in [-0.15, -0.1) is 0 Å². The minimum atomic E-state index is -3.09. The average molecular weight is 709 g/mol. The summed E-state index contributed by atoms with van der Waals surface area (Å²) in [5.74, 6) is 0. The fourth-order valence-electron chi connectivity index (χ4n) is 8.00. The number of hydrogen-bond acceptors (Lipinski definition) is 3. The minimum Gasteiger partial charge on any atom is -0.309 e. The molecule has 0 saturated carbocycles. The molecule has 4 heteroatoms. The lowest BCUT2D eigenvalue weighted by molar-refractivity contribution is 0.592. The molecule has 2 heterocycles. The van der Waals surface area contributed by atoms with Crippen LogP contribution in [0.25, 0.3) is 76.9 Å². The van der Waals surface area contributed by atoms with Gasteiger partial charge < -0.3 is 4.57 Å². The second-order valence-corrected chi connectivity index (χ2v) is 16.4. The Hall–Kier alpha value is -6.67. The zero-order chi connectivity index (χ0) is 36.1. The van der Waals surface area contributed by atoms with Gasteiger partial charge in [-0.1, -0.05) is 182 Å². The van der Waals surface area contributed by atoms with Gasteiger partial charge >= 0.3 is 0 Å². The molecule has 0 atom stereocenters. The number of aromatic nitrogens is 2. The first-order valence-electron chi connectivity index (χ1n) is 18.2. The Morgan fingerprint density at radius 1 is 0.352 bits per heavy atom. The maximum Gasteiger partial charge on any atom is 0.171 e. The van der Waals surface area contributed by atoms with Gasteiger partial charge in [0.25, 0.3) is 0 Å². The van der Waals surface area contributed by atoms with Gasteiger partial charge in [0.15, 0.2) is 7.14 Å². The zero-order valence-corrected chi connectivity index (χ0v) is 30.2. The molecule has 0 fully saturated rings. The zero-order valence-electron chi connectivity index (χ0n) is 29.3. The molecule has 0 N–H and O–H groups in total. The second-order valence-electron chi connectivity index (χ2n) is 13.7. The molecule has 8 aromatic carbocycles. The van der Waals surface area contributed by atoms with Crippen LogP contribution in [0.5, 0.6) is 0 Å². The van der Waals surface area contributed by atoms with Crippen molar-refractivity contribution in [1.29, 1.82) is 0 Å². The van der Waals surface area contributed by atoms with Crippen LogP contribution in [0.1, 0.15) is 0 Å². The van der Waals surface area contributed by atoms with Crippen molar-refractivity contribution in [1.82, 2.24) is 9.97 Å². The highest BCUT2D eigenvalue weighted by atomic mass is 31.2. The van der Waals surface area contributed by atoms with Crippen LogP contribution in [0.3, 0.4) is 0 Å². The van der Waals surface area contributed by atoms with Gasteiger partial charge in [-0.2, -0.15) is 0 Å². The van der Waals surface area contributed by atoms with E-state index >= 15 is 4.57 Å². The summed E-state index contributed by atoms with van der Waals surface area (Å²) in [4.78, 5) is 9.75. The van der Waals surface area contributed by atoms with Gasteiger partial charge in [0, 0.05) is 38.4 Å². The highest BCUT2D eigenvalue weighted by Gasteiger charge is 2.29. The molecule has 0 unspecified atom stereocenters. The molecule has 0 amide bonds. The summed E-state index contributed by atoms with van der Waals surface area (Å²) in [5, 5.41) is 9.36. The van der Waals surface area contributed by atoms with Crippen molar-refractivity contribution in [3.05, 3.63) is 200 Å².